The molecule has 1 aliphatic heterocycles. The number of hydrogen-bond donors (Lipinski definition) is 0. The van der Waals surface area contributed by atoms with Gasteiger partial charge in [-0.25, -0.2) is 13.2 Å². The Morgan fingerprint density at radius 1 is 1.08 bits per heavy atom. The van der Waals surface area contributed by atoms with E-state index in [0.717, 1.165) is 18.9 Å². The number of ether oxygens (including phenoxy) is 2. The van der Waals surface area contributed by atoms with Crippen LogP contribution in [0.1, 0.15) is 37.9 Å². The SMILES string of the molecule is CCC1CCC(c2ccc(-c3ccc(OC)c(F)c3)c(F)c2F)OC1. The Hall–Kier alpha value is -2.01. The Bertz CT molecular complexity index is 753. The van der Waals surface area contributed by atoms with Gasteiger partial charge in [0, 0.05) is 11.1 Å². The minimum Gasteiger partial charge on any atom is -0.494 e. The quantitative estimate of drug-likeness (QED) is 0.709. The lowest BCUT2D eigenvalue weighted by atomic mass is 9.92. The van der Waals surface area contributed by atoms with Crippen LogP contribution in [-0.4, -0.2) is 13.7 Å². The molecule has 134 valence electrons. The highest BCUT2D eigenvalue weighted by molar-refractivity contribution is 5.66. The lowest BCUT2D eigenvalue weighted by Gasteiger charge is -2.29. The number of hydrogen-bond acceptors (Lipinski definition) is 2. The molecule has 0 amide bonds. The van der Waals surface area contributed by atoms with Crippen LogP contribution in [0, 0.1) is 23.4 Å². The van der Waals surface area contributed by atoms with E-state index in [4.69, 9.17) is 9.47 Å². The molecule has 0 bridgehead atoms. The summed E-state index contributed by atoms with van der Waals surface area (Å²) in [6.07, 6.45) is 2.20. The molecule has 5 heteroatoms. The van der Waals surface area contributed by atoms with Gasteiger partial charge < -0.3 is 9.47 Å². The smallest absolute Gasteiger partial charge is 0.167 e. The highest BCUT2D eigenvalue weighted by atomic mass is 19.2. The lowest BCUT2D eigenvalue weighted by molar-refractivity contribution is -0.0200. The largest absolute Gasteiger partial charge is 0.494 e. The summed E-state index contributed by atoms with van der Waals surface area (Å²) in [5.74, 6) is -1.99. The molecule has 0 saturated carbocycles. The molecule has 2 aromatic carbocycles. The standard InChI is InChI=1S/C20H21F3O2/c1-3-12-4-8-17(25-11-12)15-7-6-14(19(22)20(15)23)13-5-9-18(24-2)16(21)10-13/h5-7,9-10,12,17H,3-4,8,11H2,1-2H3. The molecular weight excluding hydrogens is 329 g/mol. The summed E-state index contributed by atoms with van der Waals surface area (Å²) >= 11 is 0. The van der Waals surface area contributed by atoms with Gasteiger partial charge in [-0.15, -0.1) is 0 Å². The Balaban J connectivity index is 1.89. The molecule has 2 nitrogen and oxygen atoms in total. The molecule has 0 N–H and O–H groups in total. The minimum absolute atomic E-state index is 0.0186. The number of halogens is 3. The zero-order valence-corrected chi connectivity index (χ0v) is 14.3. The highest BCUT2D eigenvalue weighted by Crippen LogP contribution is 2.36. The van der Waals surface area contributed by atoms with E-state index >= 15 is 0 Å². The molecular formula is C20H21F3O2. The lowest BCUT2D eigenvalue weighted by Crippen LogP contribution is -2.21. The number of benzene rings is 2. The van der Waals surface area contributed by atoms with Crippen LogP contribution in [0.2, 0.25) is 0 Å². The normalized spacial score (nSPS) is 20.5. The zero-order chi connectivity index (χ0) is 18.0. The predicted octanol–water partition coefficient (Wildman–Crippen LogP) is 5.66. The van der Waals surface area contributed by atoms with E-state index in [0.29, 0.717) is 18.9 Å². The van der Waals surface area contributed by atoms with Gasteiger partial charge in [0.1, 0.15) is 0 Å². The monoisotopic (exact) mass is 350 g/mol. The summed E-state index contributed by atoms with van der Waals surface area (Å²) in [7, 11) is 1.35. The van der Waals surface area contributed by atoms with Crippen LogP contribution >= 0.6 is 0 Å². The average molecular weight is 350 g/mol. The van der Waals surface area contributed by atoms with Gasteiger partial charge in [-0.05, 0) is 36.5 Å². The van der Waals surface area contributed by atoms with E-state index in [1.54, 1.807) is 0 Å². The molecule has 0 radical (unpaired) electrons. The van der Waals surface area contributed by atoms with E-state index < -0.39 is 23.6 Å². The maximum Gasteiger partial charge on any atom is 0.167 e. The first-order chi connectivity index (χ1) is 12.0. The van der Waals surface area contributed by atoms with Gasteiger partial charge in [0.15, 0.2) is 23.2 Å². The molecule has 0 aliphatic carbocycles. The van der Waals surface area contributed by atoms with Gasteiger partial charge in [-0.1, -0.05) is 31.5 Å². The summed E-state index contributed by atoms with van der Waals surface area (Å²) in [6.45, 7) is 2.66. The van der Waals surface area contributed by atoms with Crippen molar-refractivity contribution in [1.29, 1.82) is 0 Å². The second kappa shape index (κ2) is 7.48. The van der Waals surface area contributed by atoms with Crippen LogP contribution in [0.25, 0.3) is 11.1 Å². The predicted molar refractivity (Wildman–Crippen MR) is 90.0 cm³/mol. The van der Waals surface area contributed by atoms with Crippen molar-refractivity contribution >= 4 is 0 Å². The average Bonchev–Trinajstić information content (AvgIpc) is 2.64. The molecule has 1 fully saturated rings. The first-order valence-electron chi connectivity index (χ1n) is 8.48. The van der Waals surface area contributed by atoms with E-state index in [1.807, 2.05) is 0 Å². The fraction of sp³-hybridized carbons (Fsp3) is 0.400. The highest BCUT2D eigenvalue weighted by Gasteiger charge is 2.26. The van der Waals surface area contributed by atoms with Crippen molar-refractivity contribution in [2.75, 3.05) is 13.7 Å². The third-order valence-corrected chi connectivity index (χ3v) is 4.87. The van der Waals surface area contributed by atoms with Crippen LogP contribution in [0.5, 0.6) is 5.75 Å². The molecule has 2 unspecified atom stereocenters. The van der Waals surface area contributed by atoms with Gasteiger partial charge >= 0.3 is 0 Å². The van der Waals surface area contributed by atoms with Gasteiger partial charge in [0.05, 0.1) is 19.8 Å². The van der Waals surface area contributed by atoms with Crippen molar-refractivity contribution in [2.45, 2.75) is 32.3 Å². The summed E-state index contributed by atoms with van der Waals surface area (Å²) in [5.41, 5.74) is 0.506. The van der Waals surface area contributed by atoms with Crippen molar-refractivity contribution in [3.8, 4) is 16.9 Å². The van der Waals surface area contributed by atoms with Gasteiger partial charge in [0.2, 0.25) is 0 Å². The maximum atomic E-state index is 14.6. The van der Waals surface area contributed by atoms with Crippen molar-refractivity contribution in [3.63, 3.8) is 0 Å². The molecule has 0 aromatic heterocycles. The first-order valence-corrected chi connectivity index (χ1v) is 8.48. The Morgan fingerprint density at radius 3 is 2.48 bits per heavy atom. The zero-order valence-electron chi connectivity index (χ0n) is 14.3. The second-order valence-electron chi connectivity index (χ2n) is 6.35. The molecule has 25 heavy (non-hydrogen) atoms. The second-order valence-corrected chi connectivity index (χ2v) is 6.35. The summed E-state index contributed by atoms with van der Waals surface area (Å²) in [5, 5.41) is 0. The van der Waals surface area contributed by atoms with E-state index in [2.05, 4.69) is 6.92 Å². The third kappa shape index (κ3) is 3.52. The maximum absolute atomic E-state index is 14.6. The van der Waals surface area contributed by atoms with Gasteiger partial charge in [0.25, 0.3) is 0 Å². The van der Waals surface area contributed by atoms with Crippen LogP contribution in [0.3, 0.4) is 0 Å². The summed E-state index contributed by atoms with van der Waals surface area (Å²) in [6, 6.07) is 7.05. The van der Waals surface area contributed by atoms with Crippen LogP contribution in [-0.2, 0) is 4.74 Å². The van der Waals surface area contributed by atoms with Crippen molar-refractivity contribution in [3.05, 3.63) is 53.3 Å². The Kier molecular flexibility index (Phi) is 5.33. The van der Waals surface area contributed by atoms with Crippen LogP contribution in [0.15, 0.2) is 30.3 Å². The topological polar surface area (TPSA) is 18.5 Å². The fourth-order valence-electron chi connectivity index (χ4n) is 3.24. The molecule has 1 saturated heterocycles. The Labute approximate surface area is 145 Å². The molecule has 1 heterocycles. The molecule has 0 spiro atoms. The third-order valence-electron chi connectivity index (χ3n) is 4.87. The van der Waals surface area contributed by atoms with E-state index in [9.17, 15) is 13.2 Å². The number of methoxy groups -OCH3 is 1. The van der Waals surface area contributed by atoms with Gasteiger partial charge in [-0.2, -0.15) is 0 Å². The van der Waals surface area contributed by atoms with Crippen molar-refractivity contribution in [2.24, 2.45) is 5.92 Å². The number of rotatable bonds is 4. The Morgan fingerprint density at radius 2 is 1.88 bits per heavy atom. The van der Waals surface area contributed by atoms with E-state index in [1.165, 1.54) is 31.4 Å². The van der Waals surface area contributed by atoms with Crippen LogP contribution in [0.4, 0.5) is 13.2 Å². The van der Waals surface area contributed by atoms with Crippen molar-refractivity contribution < 1.29 is 22.6 Å². The molecule has 2 atom stereocenters. The minimum atomic E-state index is -0.983. The summed E-state index contributed by atoms with van der Waals surface area (Å²) in [4.78, 5) is 0. The van der Waals surface area contributed by atoms with Crippen LogP contribution < -0.4 is 4.74 Å². The molecule has 2 aromatic rings. The van der Waals surface area contributed by atoms with Gasteiger partial charge in [-0.3, -0.25) is 0 Å². The molecule has 3 rings (SSSR count). The summed E-state index contributed by atoms with van der Waals surface area (Å²) < 4.78 is 53.6. The first kappa shape index (κ1) is 17.8. The fourth-order valence-corrected chi connectivity index (χ4v) is 3.24. The molecule has 1 aliphatic rings. The van der Waals surface area contributed by atoms with E-state index in [-0.39, 0.29) is 22.4 Å². The van der Waals surface area contributed by atoms with Crippen molar-refractivity contribution in [1.82, 2.24) is 0 Å².